The van der Waals surface area contributed by atoms with Gasteiger partial charge in [0.15, 0.2) is 6.79 Å². The summed E-state index contributed by atoms with van der Waals surface area (Å²) in [6, 6.07) is 5.13. The average molecular weight is 245 g/mol. The molecule has 1 rings (SSSR count). The highest BCUT2D eigenvalue weighted by Gasteiger charge is 1.98. The van der Waals surface area contributed by atoms with Crippen molar-refractivity contribution in [2.45, 2.75) is 0 Å². The molecule has 0 aliphatic rings. The molecule has 0 atom stereocenters. The lowest BCUT2D eigenvalue weighted by Gasteiger charge is -2.05. The summed E-state index contributed by atoms with van der Waals surface area (Å²) in [4.78, 5) is 10.5. The number of hydrogen-bond acceptors (Lipinski definition) is 3. The van der Waals surface area contributed by atoms with Gasteiger partial charge in [0, 0.05) is 17.1 Å². The zero-order chi connectivity index (χ0) is 9.68. The van der Waals surface area contributed by atoms with E-state index in [9.17, 15) is 4.79 Å². The van der Waals surface area contributed by atoms with E-state index in [4.69, 9.17) is 9.47 Å². The summed E-state index contributed by atoms with van der Waals surface area (Å²) in [6.07, 6.45) is 0.768. The molecule has 0 aliphatic heterocycles. The van der Waals surface area contributed by atoms with Gasteiger partial charge in [-0.2, -0.15) is 0 Å². The van der Waals surface area contributed by atoms with Gasteiger partial charge >= 0.3 is 0 Å². The zero-order valence-corrected chi connectivity index (χ0v) is 8.71. The van der Waals surface area contributed by atoms with E-state index in [2.05, 4.69) is 15.9 Å². The molecular weight excluding hydrogens is 236 g/mol. The van der Waals surface area contributed by atoms with Crippen LogP contribution >= 0.6 is 15.9 Å². The van der Waals surface area contributed by atoms with E-state index in [-0.39, 0.29) is 6.79 Å². The number of ether oxygens (including phenoxy) is 2. The second-order valence-corrected chi connectivity index (χ2v) is 3.30. The smallest absolute Gasteiger partial charge is 0.188 e. The monoisotopic (exact) mass is 244 g/mol. The van der Waals surface area contributed by atoms with Crippen molar-refractivity contribution < 1.29 is 14.3 Å². The minimum atomic E-state index is 0.175. The summed E-state index contributed by atoms with van der Waals surface area (Å²) in [7, 11) is 1.54. The van der Waals surface area contributed by atoms with Gasteiger partial charge in [-0.3, -0.25) is 4.79 Å². The molecule has 3 nitrogen and oxygen atoms in total. The van der Waals surface area contributed by atoms with E-state index in [0.29, 0.717) is 11.3 Å². The third-order valence-electron chi connectivity index (χ3n) is 1.37. The van der Waals surface area contributed by atoms with Gasteiger partial charge in [-0.1, -0.05) is 15.9 Å². The number of rotatable bonds is 4. The average Bonchev–Trinajstić information content (AvgIpc) is 2.14. The van der Waals surface area contributed by atoms with Crippen LogP contribution in [0.25, 0.3) is 0 Å². The minimum Gasteiger partial charge on any atom is -0.468 e. The van der Waals surface area contributed by atoms with Crippen molar-refractivity contribution in [1.82, 2.24) is 0 Å². The van der Waals surface area contributed by atoms with Gasteiger partial charge in [-0.25, -0.2) is 0 Å². The third-order valence-corrected chi connectivity index (χ3v) is 1.83. The van der Waals surface area contributed by atoms with Crippen molar-refractivity contribution in [3.63, 3.8) is 0 Å². The van der Waals surface area contributed by atoms with Crippen molar-refractivity contribution >= 4 is 22.2 Å². The lowest BCUT2D eigenvalue weighted by atomic mass is 10.2. The second-order valence-electron chi connectivity index (χ2n) is 2.39. The first-order valence-electron chi connectivity index (χ1n) is 3.64. The first-order chi connectivity index (χ1) is 6.26. The zero-order valence-electron chi connectivity index (χ0n) is 7.12. The molecule has 4 heteroatoms. The molecule has 0 saturated carbocycles. The fourth-order valence-corrected chi connectivity index (χ4v) is 1.35. The first-order valence-corrected chi connectivity index (χ1v) is 4.43. The van der Waals surface area contributed by atoms with Crippen LogP contribution < -0.4 is 4.74 Å². The predicted octanol–water partition coefficient (Wildman–Crippen LogP) is 2.24. The van der Waals surface area contributed by atoms with E-state index in [1.807, 2.05) is 0 Å². The number of aldehydes is 1. The number of hydrogen-bond donors (Lipinski definition) is 0. The number of methoxy groups -OCH3 is 1. The van der Waals surface area contributed by atoms with Crippen LogP contribution in [-0.4, -0.2) is 20.2 Å². The largest absolute Gasteiger partial charge is 0.468 e. The Labute approximate surface area is 84.8 Å². The van der Waals surface area contributed by atoms with Gasteiger partial charge in [-0.05, 0) is 18.2 Å². The van der Waals surface area contributed by atoms with E-state index in [1.165, 1.54) is 0 Å². The van der Waals surface area contributed by atoms with E-state index in [0.717, 1.165) is 10.8 Å². The van der Waals surface area contributed by atoms with Crippen LogP contribution in [0.4, 0.5) is 0 Å². The van der Waals surface area contributed by atoms with Crippen molar-refractivity contribution in [3.05, 3.63) is 28.2 Å². The second kappa shape index (κ2) is 4.99. The molecule has 0 fully saturated rings. The fourth-order valence-electron chi connectivity index (χ4n) is 0.863. The number of halogens is 1. The van der Waals surface area contributed by atoms with Crippen LogP contribution in [0.3, 0.4) is 0 Å². The van der Waals surface area contributed by atoms with E-state index < -0.39 is 0 Å². The molecule has 1 aromatic rings. The molecule has 70 valence electrons. The Bertz CT molecular complexity index is 299. The molecule has 0 unspecified atom stereocenters. The highest BCUT2D eigenvalue weighted by Crippen LogP contribution is 2.20. The predicted molar refractivity (Wildman–Crippen MR) is 52.0 cm³/mol. The molecule has 0 radical (unpaired) electrons. The molecule has 0 heterocycles. The lowest BCUT2D eigenvalue weighted by molar-refractivity contribution is 0.0510. The highest BCUT2D eigenvalue weighted by atomic mass is 79.9. The summed E-state index contributed by atoms with van der Waals surface area (Å²) in [5, 5.41) is 0. The molecule has 0 saturated heterocycles. The van der Waals surface area contributed by atoms with Gasteiger partial charge in [0.05, 0.1) is 0 Å². The SMILES string of the molecule is COCOc1cc(Br)cc(C=O)c1. The molecule has 13 heavy (non-hydrogen) atoms. The number of benzene rings is 1. The molecule has 0 bridgehead atoms. The Hall–Kier alpha value is -0.870. The third kappa shape index (κ3) is 3.16. The standard InChI is InChI=1S/C9H9BrO3/c1-12-6-13-9-3-7(5-11)2-8(10)4-9/h2-5H,6H2,1H3. The number of carbonyl (C=O) groups excluding carboxylic acids is 1. The molecule has 0 aromatic heterocycles. The topological polar surface area (TPSA) is 35.5 Å². The maximum atomic E-state index is 10.5. The summed E-state index contributed by atoms with van der Waals surface area (Å²) in [5.41, 5.74) is 0.570. The fraction of sp³-hybridized carbons (Fsp3) is 0.222. The molecule has 0 aliphatic carbocycles. The Balaban J connectivity index is 2.81. The summed E-state index contributed by atoms with van der Waals surface area (Å²) in [5.74, 6) is 0.610. The summed E-state index contributed by atoms with van der Waals surface area (Å²) in [6.45, 7) is 0.175. The van der Waals surface area contributed by atoms with Crippen molar-refractivity contribution in [2.75, 3.05) is 13.9 Å². The maximum Gasteiger partial charge on any atom is 0.188 e. The molecule has 0 spiro atoms. The molecule has 0 N–H and O–H groups in total. The van der Waals surface area contributed by atoms with E-state index in [1.54, 1.807) is 25.3 Å². The Morgan fingerprint density at radius 2 is 2.23 bits per heavy atom. The Morgan fingerprint density at radius 3 is 2.85 bits per heavy atom. The summed E-state index contributed by atoms with van der Waals surface area (Å²) < 4.78 is 10.7. The summed E-state index contributed by atoms with van der Waals surface area (Å²) >= 11 is 3.27. The molecule has 0 amide bonds. The Kier molecular flexibility index (Phi) is 3.92. The minimum absolute atomic E-state index is 0.175. The van der Waals surface area contributed by atoms with Gasteiger partial charge in [-0.15, -0.1) is 0 Å². The lowest BCUT2D eigenvalue weighted by Crippen LogP contribution is -1.99. The molecule has 1 aromatic carbocycles. The van der Waals surface area contributed by atoms with Crippen molar-refractivity contribution in [2.24, 2.45) is 0 Å². The number of carbonyl (C=O) groups is 1. The first kappa shape index (κ1) is 10.2. The van der Waals surface area contributed by atoms with Gasteiger partial charge in [0.2, 0.25) is 0 Å². The molecular formula is C9H9BrO3. The van der Waals surface area contributed by atoms with Gasteiger partial charge < -0.3 is 9.47 Å². The van der Waals surface area contributed by atoms with Crippen molar-refractivity contribution in [3.8, 4) is 5.75 Å². The van der Waals surface area contributed by atoms with Gasteiger partial charge in [0.25, 0.3) is 0 Å². The van der Waals surface area contributed by atoms with Crippen molar-refractivity contribution in [1.29, 1.82) is 0 Å². The van der Waals surface area contributed by atoms with Crippen LogP contribution in [0.15, 0.2) is 22.7 Å². The van der Waals surface area contributed by atoms with E-state index >= 15 is 0 Å². The normalized spacial score (nSPS) is 9.69. The maximum absolute atomic E-state index is 10.5. The van der Waals surface area contributed by atoms with Crippen LogP contribution in [0.5, 0.6) is 5.75 Å². The van der Waals surface area contributed by atoms with Crippen LogP contribution in [0.2, 0.25) is 0 Å². The highest BCUT2D eigenvalue weighted by molar-refractivity contribution is 9.10. The van der Waals surface area contributed by atoms with Gasteiger partial charge in [0.1, 0.15) is 12.0 Å². The Morgan fingerprint density at radius 1 is 1.46 bits per heavy atom. The van der Waals surface area contributed by atoms with Crippen LogP contribution in [0.1, 0.15) is 10.4 Å². The van der Waals surface area contributed by atoms with Crippen LogP contribution in [0, 0.1) is 0 Å². The van der Waals surface area contributed by atoms with Crippen LogP contribution in [-0.2, 0) is 4.74 Å². The quantitative estimate of drug-likeness (QED) is 0.602.